The second-order valence-corrected chi connectivity index (χ2v) is 5.77. The zero-order chi connectivity index (χ0) is 14.8. The number of aliphatic hydroxyl groups is 2. The third-order valence-electron chi connectivity index (χ3n) is 3.96. The van der Waals surface area contributed by atoms with Crippen molar-refractivity contribution in [3.8, 4) is 0 Å². The summed E-state index contributed by atoms with van der Waals surface area (Å²) >= 11 is 0. The van der Waals surface area contributed by atoms with E-state index in [0.717, 1.165) is 29.5 Å². The molecule has 0 fully saturated rings. The highest BCUT2D eigenvalue weighted by Crippen LogP contribution is 2.24. The lowest BCUT2D eigenvalue weighted by Crippen LogP contribution is -2.01. The van der Waals surface area contributed by atoms with Crippen molar-refractivity contribution in [3.63, 3.8) is 0 Å². The van der Waals surface area contributed by atoms with E-state index in [2.05, 4.69) is 6.92 Å². The predicted octanol–water partition coefficient (Wildman–Crippen LogP) is 4.66. The monoisotopic (exact) mass is 278 g/mol. The summed E-state index contributed by atoms with van der Waals surface area (Å²) in [6.45, 7) is 4.30. The van der Waals surface area contributed by atoms with Gasteiger partial charge in [0.25, 0.3) is 0 Å². The third-order valence-corrected chi connectivity index (χ3v) is 3.96. The molecule has 2 heteroatoms. The number of unbranched alkanes of at least 4 members (excludes halogenated alkanes) is 6. The van der Waals surface area contributed by atoms with Crippen LogP contribution in [0.5, 0.6) is 0 Å². The Morgan fingerprint density at radius 1 is 1.00 bits per heavy atom. The average Bonchev–Trinajstić information content (AvgIpc) is 2.45. The first-order valence-corrected chi connectivity index (χ1v) is 8.07. The van der Waals surface area contributed by atoms with Crippen molar-refractivity contribution in [2.75, 3.05) is 0 Å². The Hall–Kier alpha value is -0.860. The fourth-order valence-corrected chi connectivity index (χ4v) is 2.66. The van der Waals surface area contributed by atoms with Crippen LogP contribution >= 0.6 is 0 Å². The van der Waals surface area contributed by atoms with Crippen LogP contribution in [0, 0.1) is 6.92 Å². The van der Waals surface area contributed by atoms with E-state index in [-0.39, 0.29) is 12.7 Å². The molecular formula is C18H30O2. The van der Waals surface area contributed by atoms with Gasteiger partial charge in [0.1, 0.15) is 0 Å². The van der Waals surface area contributed by atoms with Crippen molar-refractivity contribution in [1.82, 2.24) is 0 Å². The molecule has 0 bridgehead atoms. The van der Waals surface area contributed by atoms with E-state index in [1.165, 1.54) is 38.5 Å². The Kier molecular flexibility index (Phi) is 8.56. The predicted molar refractivity (Wildman–Crippen MR) is 84.7 cm³/mol. The van der Waals surface area contributed by atoms with Crippen LogP contribution in [0.25, 0.3) is 0 Å². The minimum atomic E-state index is -0.363. The first-order valence-electron chi connectivity index (χ1n) is 8.07. The van der Waals surface area contributed by atoms with Gasteiger partial charge in [0, 0.05) is 0 Å². The van der Waals surface area contributed by atoms with Gasteiger partial charge in [-0.15, -0.1) is 0 Å². The molecule has 0 saturated carbocycles. The van der Waals surface area contributed by atoms with E-state index < -0.39 is 0 Å². The van der Waals surface area contributed by atoms with Gasteiger partial charge < -0.3 is 10.2 Å². The van der Waals surface area contributed by atoms with Crippen LogP contribution in [0.3, 0.4) is 0 Å². The van der Waals surface area contributed by atoms with E-state index >= 15 is 0 Å². The lowest BCUT2D eigenvalue weighted by molar-refractivity contribution is 0.162. The molecule has 20 heavy (non-hydrogen) atoms. The molecular weight excluding hydrogens is 248 g/mol. The Morgan fingerprint density at radius 2 is 1.65 bits per heavy atom. The molecule has 0 aromatic heterocycles. The molecule has 0 aliphatic rings. The summed E-state index contributed by atoms with van der Waals surface area (Å²) in [5.41, 5.74) is 2.99. The molecule has 0 aliphatic heterocycles. The Balaban J connectivity index is 2.27. The van der Waals surface area contributed by atoms with Gasteiger partial charge in [-0.3, -0.25) is 0 Å². The highest BCUT2D eigenvalue weighted by Gasteiger charge is 2.10. The van der Waals surface area contributed by atoms with Crippen LogP contribution in [0.2, 0.25) is 0 Å². The molecule has 1 unspecified atom stereocenters. The van der Waals surface area contributed by atoms with Gasteiger partial charge in [0.05, 0.1) is 12.7 Å². The van der Waals surface area contributed by atoms with E-state index in [1.54, 1.807) is 0 Å². The standard InChI is InChI=1S/C18H30O2/c1-3-4-5-6-7-8-9-10-18(20)17-12-11-16(14-19)13-15(17)2/h11-13,18-20H,3-10,14H2,1-2H3. The number of benzene rings is 1. The van der Waals surface area contributed by atoms with Crippen molar-refractivity contribution in [1.29, 1.82) is 0 Å². The van der Waals surface area contributed by atoms with Crippen molar-refractivity contribution < 1.29 is 10.2 Å². The number of aryl methyl sites for hydroxylation is 1. The molecule has 0 spiro atoms. The maximum Gasteiger partial charge on any atom is 0.0792 e. The molecule has 0 amide bonds. The Morgan fingerprint density at radius 3 is 2.25 bits per heavy atom. The second-order valence-electron chi connectivity index (χ2n) is 5.77. The lowest BCUT2D eigenvalue weighted by atomic mass is 9.97. The van der Waals surface area contributed by atoms with Crippen molar-refractivity contribution in [2.24, 2.45) is 0 Å². The van der Waals surface area contributed by atoms with E-state index in [4.69, 9.17) is 5.11 Å². The molecule has 114 valence electrons. The number of rotatable bonds is 10. The number of hydrogen-bond acceptors (Lipinski definition) is 2. The SMILES string of the molecule is CCCCCCCCCC(O)c1ccc(CO)cc1C. The summed E-state index contributed by atoms with van der Waals surface area (Å²) in [5.74, 6) is 0. The van der Waals surface area contributed by atoms with Gasteiger partial charge in [-0.1, -0.05) is 70.1 Å². The van der Waals surface area contributed by atoms with Crippen molar-refractivity contribution in [3.05, 3.63) is 34.9 Å². The molecule has 1 aromatic rings. The van der Waals surface area contributed by atoms with Crippen LogP contribution in [0.15, 0.2) is 18.2 Å². The van der Waals surface area contributed by atoms with E-state index in [9.17, 15) is 5.11 Å². The maximum atomic E-state index is 10.2. The van der Waals surface area contributed by atoms with Crippen LogP contribution in [0.4, 0.5) is 0 Å². The van der Waals surface area contributed by atoms with E-state index in [0.29, 0.717) is 0 Å². The van der Waals surface area contributed by atoms with Gasteiger partial charge in [-0.05, 0) is 30.0 Å². The Labute approximate surface area is 123 Å². The third kappa shape index (κ3) is 6.06. The van der Waals surface area contributed by atoms with Gasteiger partial charge >= 0.3 is 0 Å². The molecule has 0 radical (unpaired) electrons. The fraction of sp³-hybridized carbons (Fsp3) is 0.667. The van der Waals surface area contributed by atoms with Crippen molar-refractivity contribution in [2.45, 2.75) is 77.9 Å². The normalized spacial score (nSPS) is 12.6. The smallest absolute Gasteiger partial charge is 0.0792 e. The Bertz CT molecular complexity index is 374. The zero-order valence-corrected chi connectivity index (χ0v) is 13.1. The maximum absolute atomic E-state index is 10.2. The topological polar surface area (TPSA) is 40.5 Å². The van der Waals surface area contributed by atoms with Gasteiger partial charge in [-0.2, -0.15) is 0 Å². The first-order chi connectivity index (χ1) is 9.69. The number of aliphatic hydroxyl groups excluding tert-OH is 2. The summed E-state index contributed by atoms with van der Waals surface area (Å²) < 4.78 is 0. The number of hydrogen-bond donors (Lipinski definition) is 2. The zero-order valence-electron chi connectivity index (χ0n) is 13.1. The highest BCUT2D eigenvalue weighted by molar-refractivity contribution is 5.32. The quantitative estimate of drug-likeness (QED) is 0.611. The molecule has 0 heterocycles. The molecule has 2 nitrogen and oxygen atoms in total. The molecule has 1 atom stereocenters. The largest absolute Gasteiger partial charge is 0.392 e. The summed E-state index contributed by atoms with van der Waals surface area (Å²) in [5, 5.41) is 19.3. The molecule has 1 rings (SSSR count). The molecule has 2 N–H and O–H groups in total. The minimum absolute atomic E-state index is 0.0645. The first kappa shape index (κ1) is 17.2. The van der Waals surface area contributed by atoms with Crippen LogP contribution in [-0.4, -0.2) is 10.2 Å². The summed E-state index contributed by atoms with van der Waals surface area (Å²) in [6.07, 6.45) is 9.39. The molecule has 1 aromatic carbocycles. The van der Waals surface area contributed by atoms with Crippen LogP contribution in [-0.2, 0) is 6.61 Å². The van der Waals surface area contributed by atoms with Crippen LogP contribution in [0.1, 0.15) is 81.1 Å². The van der Waals surface area contributed by atoms with Crippen molar-refractivity contribution >= 4 is 0 Å². The summed E-state index contributed by atoms with van der Waals surface area (Å²) in [4.78, 5) is 0. The average molecular weight is 278 g/mol. The molecule has 0 saturated heterocycles. The van der Waals surface area contributed by atoms with Gasteiger partial charge in [-0.25, -0.2) is 0 Å². The highest BCUT2D eigenvalue weighted by atomic mass is 16.3. The summed E-state index contributed by atoms with van der Waals surface area (Å²) in [7, 11) is 0. The second kappa shape index (κ2) is 9.95. The molecule has 0 aliphatic carbocycles. The van der Waals surface area contributed by atoms with Gasteiger partial charge in [0.15, 0.2) is 0 Å². The lowest BCUT2D eigenvalue weighted by Gasteiger charge is -2.14. The van der Waals surface area contributed by atoms with Crippen LogP contribution < -0.4 is 0 Å². The minimum Gasteiger partial charge on any atom is -0.392 e. The van der Waals surface area contributed by atoms with Gasteiger partial charge in [0.2, 0.25) is 0 Å². The fourth-order valence-electron chi connectivity index (χ4n) is 2.66. The van der Waals surface area contributed by atoms with E-state index in [1.807, 2.05) is 25.1 Å². The summed E-state index contributed by atoms with van der Waals surface area (Å²) in [6, 6.07) is 5.81.